The Kier molecular flexibility index (Phi) is 3.90. The molecule has 0 fully saturated rings. The van der Waals surface area contributed by atoms with Gasteiger partial charge in [0.25, 0.3) is 0 Å². The lowest BCUT2D eigenvalue weighted by atomic mass is 10.1. The van der Waals surface area contributed by atoms with Crippen molar-refractivity contribution in [1.29, 1.82) is 0 Å². The van der Waals surface area contributed by atoms with Crippen LogP contribution in [-0.2, 0) is 11.8 Å². The molecule has 2 N–H and O–H groups in total. The Morgan fingerprint density at radius 3 is 2.53 bits per heavy atom. The Hall–Kier alpha value is -1.82. The lowest BCUT2D eigenvalue weighted by Crippen LogP contribution is -2.22. The van der Waals surface area contributed by atoms with Gasteiger partial charge in [0.15, 0.2) is 11.0 Å². The molecule has 1 atom stereocenters. The van der Waals surface area contributed by atoms with Crippen molar-refractivity contribution in [3.8, 4) is 11.4 Å². The molecule has 0 aliphatic heterocycles. The second-order valence-electron chi connectivity index (χ2n) is 4.39. The summed E-state index contributed by atoms with van der Waals surface area (Å²) in [6, 6.07) is 8.07. The van der Waals surface area contributed by atoms with Gasteiger partial charge < -0.3 is 10.3 Å². The number of hydrogen-bond donors (Lipinski definition) is 1. The topological polar surface area (TPSA) is 73.8 Å². The van der Waals surface area contributed by atoms with Crippen molar-refractivity contribution in [2.75, 3.05) is 0 Å². The van der Waals surface area contributed by atoms with Gasteiger partial charge in [0.2, 0.25) is 5.91 Å². The molecule has 2 aromatic rings. The van der Waals surface area contributed by atoms with Gasteiger partial charge in [-0.15, -0.1) is 10.2 Å². The van der Waals surface area contributed by atoms with E-state index in [1.54, 1.807) is 6.92 Å². The van der Waals surface area contributed by atoms with E-state index in [0.29, 0.717) is 5.16 Å². The van der Waals surface area contributed by atoms with Crippen LogP contribution in [0.15, 0.2) is 29.4 Å². The first kappa shape index (κ1) is 13.6. The summed E-state index contributed by atoms with van der Waals surface area (Å²) in [7, 11) is 1.88. The van der Waals surface area contributed by atoms with Crippen LogP contribution in [0.4, 0.5) is 0 Å². The highest BCUT2D eigenvalue weighted by molar-refractivity contribution is 8.00. The Bertz CT molecular complexity index is 591. The van der Waals surface area contributed by atoms with Crippen molar-refractivity contribution >= 4 is 17.7 Å². The first-order valence-electron chi connectivity index (χ1n) is 5.91. The molecule has 100 valence electrons. The minimum absolute atomic E-state index is 0.325. The second-order valence-corrected chi connectivity index (χ2v) is 5.70. The summed E-state index contributed by atoms with van der Waals surface area (Å²) in [4.78, 5) is 11.1. The zero-order valence-corrected chi connectivity index (χ0v) is 11.9. The standard InChI is InChI=1S/C13H16N4OS/c1-8-4-6-10(7-5-8)12-15-16-13(17(12)3)19-9(2)11(14)18/h4-7,9H,1-3H3,(H2,14,18). The summed E-state index contributed by atoms with van der Waals surface area (Å²) in [5, 5.41) is 8.63. The quantitative estimate of drug-likeness (QED) is 0.863. The van der Waals surface area contributed by atoms with Crippen LogP contribution in [0.5, 0.6) is 0 Å². The van der Waals surface area contributed by atoms with Gasteiger partial charge >= 0.3 is 0 Å². The van der Waals surface area contributed by atoms with Gasteiger partial charge in [-0.25, -0.2) is 0 Å². The molecule has 6 heteroatoms. The third kappa shape index (κ3) is 2.96. The first-order chi connectivity index (χ1) is 8.99. The van der Waals surface area contributed by atoms with E-state index in [0.717, 1.165) is 11.4 Å². The van der Waals surface area contributed by atoms with E-state index in [-0.39, 0.29) is 11.2 Å². The van der Waals surface area contributed by atoms with E-state index in [1.165, 1.54) is 17.3 Å². The number of carbonyl (C=O) groups excluding carboxylic acids is 1. The molecule has 0 aliphatic carbocycles. The summed E-state index contributed by atoms with van der Waals surface area (Å²) in [6.07, 6.45) is 0. The predicted octanol–water partition coefficient (Wildman–Crippen LogP) is 1.76. The number of thioether (sulfide) groups is 1. The van der Waals surface area contributed by atoms with E-state index in [2.05, 4.69) is 10.2 Å². The van der Waals surface area contributed by atoms with Gasteiger partial charge in [-0.1, -0.05) is 41.6 Å². The zero-order valence-electron chi connectivity index (χ0n) is 11.1. The first-order valence-corrected chi connectivity index (χ1v) is 6.79. The SMILES string of the molecule is Cc1ccc(-c2nnc(SC(C)C(N)=O)n2C)cc1. The molecule has 1 heterocycles. The molecule has 0 bridgehead atoms. The molecule has 5 nitrogen and oxygen atoms in total. The molecule has 0 radical (unpaired) electrons. The highest BCUT2D eigenvalue weighted by atomic mass is 32.2. The Morgan fingerprint density at radius 1 is 1.32 bits per heavy atom. The average molecular weight is 276 g/mol. The highest BCUT2D eigenvalue weighted by Gasteiger charge is 2.17. The van der Waals surface area contributed by atoms with Crippen molar-refractivity contribution in [1.82, 2.24) is 14.8 Å². The Labute approximate surface area is 116 Å². The normalized spacial score (nSPS) is 12.4. The average Bonchev–Trinajstić information content (AvgIpc) is 2.72. The second kappa shape index (κ2) is 5.44. The predicted molar refractivity (Wildman–Crippen MR) is 75.7 cm³/mol. The van der Waals surface area contributed by atoms with Crippen LogP contribution in [0.2, 0.25) is 0 Å². The van der Waals surface area contributed by atoms with Crippen LogP contribution in [0, 0.1) is 6.92 Å². The summed E-state index contributed by atoms with van der Waals surface area (Å²) >= 11 is 1.31. The van der Waals surface area contributed by atoms with Gasteiger partial charge in [-0.2, -0.15) is 0 Å². The van der Waals surface area contributed by atoms with Crippen molar-refractivity contribution in [3.05, 3.63) is 29.8 Å². The smallest absolute Gasteiger partial charge is 0.230 e. The molecule has 1 amide bonds. The number of primary amides is 1. The maximum Gasteiger partial charge on any atom is 0.230 e. The fourth-order valence-corrected chi connectivity index (χ4v) is 2.35. The van der Waals surface area contributed by atoms with E-state index in [4.69, 9.17) is 5.73 Å². The van der Waals surface area contributed by atoms with E-state index in [1.807, 2.05) is 42.8 Å². The van der Waals surface area contributed by atoms with E-state index < -0.39 is 0 Å². The molecule has 1 aromatic heterocycles. The number of benzene rings is 1. The lowest BCUT2D eigenvalue weighted by molar-refractivity contribution is -0.117. The van der Waals surface area contributed by atoms with E-state index >= 15 is 0 Å². The number of amides is 1. The number of aryl methyl sites for hydroxylation is 1. The molecule has 1 aromatic carbocycles. The number of nitrogens with two attached hydrogens (primary N) is 1. The van der Waals surface area contributed by atoms with Crippen LogP contribution >= 0.6 is 11.8 Å². The summed E-state index contributed by atoms with van der Waals surface area (Å²) < 4.78 is 1.87. The van der Waals surface area contributed by atoms with Crippen molar-refractivity contribution in [2.24, 2.45) is 12.8 Å². The number of aromatic nitrogens is 3. The van der Waals surface area contributed by atoms with Crippen molar-refractivity contribution in [2.45, 2.75) is 24.3 Å². The number of rotatable bonds is 4. The summed E-state index contributed by atoms with van der Waals surface area (Å²) in [5.74, 6) is 0.420. The third-order valence-corrected chi connectivity index (χ3v) is 3.98. The molecule has 0 aliphatic rings. The van der Waals surface area contributed by atoms with E-state index in [9.17, 15) is 4.79 Å². The number of hydrogen-bond acceptors (Lipinski definition) is 4. The Morgan fingerprint density at radius 2 is 1.95 bits per heavy atom. The molecule has 19 heavy (non-hydrogen) atoms. The molecular weight excluding hydrogens is 260 g/mol. The number of nitrogens with zero attached hydrogens (tertiary/aromatic N) is 3. The van der Waals surface area contributed by atoms with Crippen molar-refractivity contribution in [3.63, 3.8) is 0 Å². The van der Waals surface area contributed by atoms with Gasteiger partial charge in [0.05, 0.1) is 5.25 Å². The minimum Gasteiger partial charge on any atom is -0.369 e. The maximum atomic E-state index is 11.1. The van der Waals surface area contributed by atoms with Crippen LogP contribution in [0.3, 0.4) is 0 Å². The van der Waals surface area contributed by atoms with Crippen LogP contribution < -0.4 is 5.73 Å². The van der Waals surface area contributed by atoms with Crippen LogP contribution in [-0.4, -0.2) is 25.9 Å². The van der Waals surface area contributed by atoms with Gasteiger partial charge in [0.1, 0.15) is 0 Å². The molecular formula is C13H16N4OS. The summed E-state index contributed by atoms with van der Waals surface area (Å²) in [5.41, 5.74) is 7.45. The maximum absolute atomic E-state index is 11.1. The molecule has 1 unspecified atom stereocenters. The van der Waals surface area contributed by atoms with Crippen molar-refractivity contribution < 1.29 is 4.79 Å². The van der Waals surface area contributed by atoms with Gasteiger partial charge in [0, 0.05) is 12.6 Å². The third-order valence-electron chi connectivity index (χ3n) is 2.83. The molecule has 0 spiro atoms. The van der Waals surface area contributed by atoms with Gasteiger partial charge in [-0.05, 0) is 13.8 Å². The zero-order chi connectivity index (χ0) is 14.0. The highest BCUT2D eigenvalue weighted by Crippen LogP contribution is 2.25. The van der Waals surface area contributed by atoms with Crippen LogP contribution in [0.25, 0.3) is 11.4 Å². The fourth-order valence-electron chi connectivity index (χ4n) is 1.59. The lowest BCUT2D eigenvalue weighted by Gasteiger charge is -2.07. The number of carbonyl (C=O) groups is 1. The summed E-state index contributed by atoms with van der Waals surface area (Å²) in [6.45, 7) is 3.80. The molecule has 2 rings (SSSR count). The van der Waals surface area contributed by atoms with Crippen LogP contribution in [0.1, 0.15) is 12.5 Å². The minimum atomic E-state index is -0.357. The monoisotopic (exact) mass is 276 g/mol. The Balaban J connectivity index is 2.27. The largest absolute Gasteiger partial charge is 0.369 e. The van der Waals surface area contributed by atoms with Gasteiger partial charge in [-0.3, -0.25) is 4.79 Å². The molecule has 0 saturated carbocycles. The fraction of sp³-hybridized carbons (Fsp3) is 0.308. The molecule has 0 saturated heterocycles.